The molecular formula is C19H25NO2S. The molecule has 0 spiro atoms. The highest BCUT2D eigenvalue weighted by Gasteiger charge is 2.34. The van der Waals surface area contributed by atoms with Gasteiger partial charge in [0.25, 0.3) is 0 Å². The Balaban J connectivity index is 1.87. The topological polar surface area (TPSA) is 43.3 Å². The van der Waals surface area contributed by atoms with Gasteiger partial charge in [0, 0.05) is 28.8 Å². The predicted molar refractivity (Wildman–Crippen MR) is 95.5 cm³/mol. The Bertz CT molecular complexity index is 641. The van der Waals surface area contributed by atoms with E-state index in [1.807, 2.05) is 18.2 Å². The summed E-state index contributed by atoms with van der Waals surface area (Å²) in [5.41, 5.74) is 2.07. The quantitative estimate of drug-likeness (QED) is 0.610. The van der Waals surface area contributed by atoms with Crippen LogP contribution in [0.4, 0.5) is 0 Å². The summed E-state index contributed by atoms with van der Waals surface area (Å²) in [6, 6.07) is 9.79. The van der Waals surface area contributed by atoms with E-state index in [1.165, 1.54) is 4.88 Å². The summed E-state index contributed by atoms with van der Waals surface area (Å²) in [5.74, 6) is 0.355. The molecular weight excluding hydrogens is 306 g/mol. The van der Waals surface area contributed by atoms with Crippen molar-refractivity contribution < 1.29 is 9.75 Å². The molecule has 1 aliphatic carbocycles. The maximum absolute atomic E-state index is 13.7. The minimum atomic E-state index is -0.162. The van der Waals surface area contributed by atoms with E-state index in [1.54, 1.807) is 17.4 Å². The molecule has 2 unspecified atom stereocenters. The standard InChI is InChI=1S/C19H25NO2S/c1-2-12-20(22,13-11-15-6-5-14-23-15)18-9-3-8-17-16(18)7-4-10-19(17)21/h4-7,10,14,18,21H,2-3,8-9,11-13H2,1H3. The van der Waals surface area contributed by atoms with Gasteiger partial charge in [0.1, 0.15) is 11.8 Å². The number of rotatable bonds is 6. The van der Waals surface area contributed by atoms with E-state index >= 15 is 0 Å². The van der Waals surface area contributed by atoms with Crippen molar-refractivity contribution in [2.45, 2.75) is 45.1 Å². The molecule has 0 bridgehead atoms. The highest BCUT2D eigenvalue weighted by Crippen LogP contribution is 2.41. The number of nitrogens with zero attached hydrogens (tertiary/aromatic N) is 1. The molecule has 2 atom stereocenters. The molecule has 1 aromatic carbocycles. The molecule has 0 saturated heterocycles. The summed E-state index contributed by atoms with van der Waals surface area (Å²) in [7, 11) is 0. The number of phenolic OH excluding ortho intramolecular Hbond substituents is 1. The van der Waals surface area contributed by atoms with Crippen LogP contribution in [0, 0.1) is 5.21 Å². The number of aromatic hydroxyl groups is 1. The van der Waals surface area contributed by atoms with E-state index < -0.39 is 0 Å². The number of fused-ring (bicyclic) bond motifs is 1. The second-order valence-corrected chi connectivity index (χ2v) is 7.51. The van der Waals surface area contributed by atoms with Crippen molar-refractivity contribution >= 4 is 11.3 Å². The fourth-order valence-corrected chi connectivity index (χ4v) is 4.55. The smallest absolute Gasteiger partial charge is 0.119 e. The monoisotopic (exact) mass is 331 g/mol. The fourth-order valence-electron chi connectivity index (χ4n) is 3.85. The van der Waals surface area contributed by atoms with Crippen LogP contribution in [0.15, 0.2) is 35.7 Å². The van der Waals surface area contributed by atoms with Crippen molar-refractivity contribution in [3.63, 3.8) is 0 Å². The lowest BCUT2D eigenvalue weighted by atomic mass is 9.85. The maximum atomic E-state index is 13.7. The highest BCUT2D eigenvalue weighted by molar-refractivity contribution is 7.09. The van der Waals surface area contributed by atoms with Crippen LogP contribution in [-0.4, -0.2) is 22.8 Å². The molecule has 1 aromatic heterocycles. The lowest BCUT2D eigenvalue weighted by Crippen LogP contribution is -2.48. The van der Waals surface area contributed by atoms with Gasteiger partial charge in [0.15, 0.2) is 0 Å². The van der Waals surface area contributed by atoms with Gasteiger partial charge in [0.2, 0.25) is 0 Å². The van der Waals surface area contributed by atoms with Crippen LogP contribution in [0.2, 0.25) is 0 Å². The van der Waals surface area contributed by atoms with Gasteiger partial charge in [-0.3, -0.25) is 0 Å². The van der Waals surface area contributed by atoms with E-state index in [4.69, 9.17) is 0 Å². The average Bonchev–Trinajstić information content (AvgIpc) is 3.07. The van der Waals surface area contributed by atoms with E-state index in [9.17, 15) is 10.3 Å². The molecule has 0 radical (unpaired) electrons. The second kappa shape index (κ2) is 7.04. The first-order valence-corrected chi connectivity index (χ1v) is 9.43. The Morgan fingerprint density at radius 2 is 2.13 bits per heavy atom. The van der Waals surface area contributed by atoms with Crippen LogP contribution in [0.1, 0.15) is 48.2 Å². The molecule has 0 saturated carbocycles. The summed E-state index contributed by atoms with van der Waals surface area (Å²) < 4.78 is -0.162. The Labute approximate surface area is 142 Å². The van der Waals surface area contributed by atoms with E-state index in [-0.39, 0.29) is 10.7 Å². The van der Waals surface area contributed by atoms with Gasteiger partial charge in [-0.1, -0.05) is 25.1 Å². The molecule has 4 heteroatoms. The first kappa shape index (κ1) is 16.5. The molecule has 0 fully saturated rings. The van der Waals surface area contributed by atoms with Crippen molar-refractivity contribution in [2.75, 3.05) is 13.1 Å². The molecule has 3 rings (SSSR count). The first-order valence-electron chi connectivity index (χ1n) is 8.55. The SMILES string of the molecule is CCC[N+]([O-])(CCc1cccs1)C1CCCc2c(O)cccc21. The number of quaternary nitrogens is 1. The van der Waals surface area contributed by atoms with Crippen LogP contribution >= 0.6 is 11.3 Å². The summed E-state index contributed by atoms with van der Waals surface area (Å²) in [5, 5.41) is 25.9. The van der Waals surface area contributed by atoms with Crippen molar-refractivity contribution in [3.05, 3.63) is 56.9 Å². The molecule has 1 heterocycles. The van der Waals surface area contributed by atoms with Crippen LogP contribution in [-0.2, 0) is 12.8 Å². The number of thiophene rings is 1. The number of benzene rings is 1. The zero-order valence-corrected chi connectivity index (χ0v) is 14.5. The third-order valence-corrected chi connectivity index (χ3v) is 5.87. The predicted octanol–water partition coefficient (Wildman–Crippen LogP) is 4.80. The third kappa shape index (κ3) is 3.44. The highest BCUT2D eigenvalue weighted by atomic mass is 32.1. The zero-order valence-electron chi connectivity index (χ0n) is 13.7. The molecule has 124 valence electrons. The number of hydrogen-bond acceptors (Lipinski definition) is 3. The Kier molecular flexibility index (Phi) is 5.05. The lowest BCUT2D eigenvalue weighted by Gasteiger charge is -2.50. The zero-order chi connectivity index (χ0) is 16.3. The Hall–Kier alpha value is -1.36. The lowest BCUT2D eigenvalue weighted by molar-refractivity contribution is -0.912. The molecule has 3 nitrogen and oxygen atoms in total. The van der Waals surface area contributed by atoms with Gasteiger partial charge in [-0.25, -0.2) is 0 Å². The number of phenols is 1. The summed E-state index contributed by atoms with van der Waals surface area (Å²) >= 11 is 1.73. The van der Waals surface area contributed by atoms with E-state index in [2.05, 4.69) is 18.4 Å². The van der Waals surface area contributed by atoms with Gasteiger partial charge in [-0.2, -0.15) is 0 Å². The first-order chi connectivity index (χ1) is 11.1. The molecule has 1 N–H and O–H groups in total. The number of hydroxylamine groups is 3. The van der Waals surface area contributed by atoms with Crippen LogP contribution in [0.3, 0.4) is 0 Å². The summed E-state index contributed by atoms with van der Waals surface area (Å²) in [4.78, 5) is 1.28. The average molecular weight is 331 g/mol. The Morgan fingerprint density at radius 3 is 2.87 bits per heavy atom. The van der Waals surface area contributed by atoms with E-state index in [0.29, 0.717) is 18.8 Å². The minimum Gasteiger partial charge on any atom is -0.632 e. The van der Waals surface area contributed by atoms with Crippen molar-refractivity contribution in [1.29, 1.82) is 0 Å². The molecule has 0 aliphatic heterocycles. The normalized spacial score (nSPS) is 20.0. The van der Waals surface area contributed by atoms with Crippen LogP contribution in [0.25, 0.3) is 0 Å². The minimum absolute atomic E-state index is 0.0363. The summed E-state index contributed by atoms with van der Waals surface area (Å²) in [6.07, 6.45) is 4.52. The number of hydrogen-bond donors (Lipinski definition) is 1. The third-order valence-electron chi connectivity index (χ3n) is 4.94. The van der Waals surface area contributed by atoms with Gasteiger partial charge in [0.05, 0.1) is 13.1 Å². The molecule has 23 heavy (non-hydrogen) atoms. The molecule has 0 amide bonds. The fraction of sp³-hybridized carbons (Fsp3) is 0.474. The van der Waals surface area contributed by atoms with Crippen molar-refractivity contribution in [1.82, 2.24) is 0 Å². The van der Waals surface area contributed by atoms with Crippen LogP contribution in [0.5, 0.6) is 5.75 Å². The van der Waals surface area contributed by atoms with Gasteiger partial charge in [-0.15, -0.1) is 11.3 Å². The van der Waals surface area contributed by atoms with Gasteiger partial charge < -0.3 is 15.0 Å². The van der Waals surface area contributed by atoms with Gasteiger partial charge >= 0.3 is 0 Å². The maximum Gasteiger partial charge on any atom is 0.119 e. The summed E-state index contributed by atoms with van der Waals surface area (Å²) in [6.45, 7) is 3.35. The molecule has 2 aromatic rings. The largest absolute Gasteiger partial charge is 0.632 e. The van der Waals surface area contributed by atoms with Crippen molar-refractivity contribution in [2.24, 2.45) is 0 Å². The second-order valence-electron chi connectivity index (χ2n) is 6.48. The van der Waals surface area contributed by atoms with Crippen molar-refractivity contribution in [3.8, 4) is 5.75 Å². The van der Waals surface area contributed by atoms with E-state index in [0.717, 1.165) is 43.2 Å². The van der Waals surface area contributed by atoms with Crippen LogP contribution < -0.4 is 0 Å². The van der Waals surface area contributed by atoms with Gasteiger partial charge in [-0.05, 0) is 36.8 Å². The Morgan fingerprint density at radius 1 is 1.26 bits per heavy atom. The molecule has 1 aliphatic rings.